The molecule has 0 unspecified atom stereocenters. The minimum Gasteiger partial charge on any atom is -0.490 e. The molecule has 2 heterocycles. The SMILES string of the molecule is Nc1cccc(CN2CCOc3ccccc32)n1. The van der Waals surface area contributed by atoms with Crippen LogP contribution >= 0.6 is 0 Å². The van der Waals surface area contributed by atoms with Crippen LogP contribution in [0.1, 0.15) is 5.69 Å². The highest BCUT2D eigenvalue weighted by Gasteiger charge is 2.17. The molecule has 1 aliphatic heterocycles. The summed E-state index contributed by atoms with van der Waals surface area (Å²) < 4.78 is 5.63. The van der Waals surface area contributed by atoms with Gasteiger partial charge in [-0.3, -0.25) is 0 Å². The van der Waals surface area contributed by atoms with Crippen molar-refractivity contribution in [2.75, 3.05) is 23.8 Å². The van der Waals surface area contributed by atoms with Gasteiger partial charge in [0.05, 0.1) is 24.5 Å². The minimum atomic E-state index is 0.564. The average Bonchev–Trinajstić information content (AvgIpc) is 2.39. The van der Waals surface area contributed by atoms with Gasteiger partial charge in [0.15, 0.2) is 0 Å². The predicted octanol–water partition coefficient (Wildman–Crippen LogP) is 2.06. The van der Waals surface area contributed by atoms with Crippen molar-refractivity contribution in [1.82, 2.24) is 4.98 Å². The van der Waals surface area contributed by atoms with Crippen molar-refractivity contribution in [3.05, 3.63) is 48.2 Å². The number of hydrogen-bond donors (Lipinski definition) is 1. The molecular formula is C14H15N3O. The molecule has 4 heteroatoms. The van der Waals surface area contributed by atoms with Crippen molar-refractivity contribution in [3.8, 4) is 5.75 Å². The van der Waals surface area contributed by atoms with E-state index in [9.17, 15) is 0 Å². The highest BCUT2D eigenvalue weighted by Crippen LogP contribution is 2.31. The number of ether oxygens (including phenoxy) is 1. The van der Waals surface area contributed by atoms with Crippen molar-refractivity contribution >= 4 is 11.5 Å². The summed E-state index contributed by atoms with van der Waals surface area (Å²) in [5.41, 5.74) is 7.80. The molecule has 1 aromatic carbocycles. The number of benzene rings is 1. The molecule has 0 fully saturated rings. The molecule has 92 valence electrons. The lowest BCUT2D eigenvalue weighted by Gasteiger charge is -2.30. The first-order valence-corrected chi connectivity index (χ1v) is 6.01. The van der Waals surface area contributed by atoms with Gasteiger partial charge in [-0.2, -0.15) is 0 Å². The van der Waals surface area contributed by atoms with E-state index >= 15 is 0 Å². The number of nitrogen functional groups attached to an aromatic ring is 1. The Morgan fingerprint density at radius 3 is 2.94 bits per heavy atom. The number of nitrogens with zero attached hydrogens (tertiary/aromatic N) is 2. The molecule has 0 atom stereocenters. The van der Waals surface area contributed by atoms with E-state index in [-0.39, 0.29) is 0 Å². The average molecular weight is 241 g/mol. The highest BCUT2D eigenvalue weighted by atomic mass is 16.5. The van der Waals surface area contributed by atoms with Crippen LogP contribution in [-0.4, -0.2) is 18.1 Å². The standard InChI is InChI=1S/C14H15N3O/c15-14-7-3-4-11(16-14)10-17-8-9-18-13-6-2-1-5-12(13)17/h1-7H,8-10H2,(H2,15,16). The Balaban J connectivity index is 1.86. The van der Waals surface area contributed by atoms with Gasteiger partial charge in [-0.25, -0.2) is 4.98 Å². The molecule has 18 heavy (non-hydrogen) atoms. The van der Waals surface area contributed by atoms with Gasteiger partial charge in [-0.1, -0.05) is 18.2 Å². The van der Waals surface area contributed by atoms with E-state index in [1.807, 2.05) is 30.3 Å². The Morgan fingerprint density at radius 2 is 2.06 bits per heavy atom. The summed E-state index contributed by atoms with van der Waals surface area (Å²) in [6.07, 6.45) is 0. The molecule has 0 spiro atoms. The Morgan fingerprint density at radius 1 is 1.17 bits per heavy atom. The van der Waals surface area contributed by atoms with Gasteiger partial charge >= 0.3 is 0 Å². The molecule has 1 aromatic heterocycles. The van der Waals surface area contributed by atoms with Crippen molar-refractivity contribution in [3.63, 3.8) is 0 Å². The first-order chi connectivity index (χ1) is 8.83. The van der Waals surface area contributed by atoms with Gasteiger partial charge in [-0.05, 0) is 24.3 Å². The fourth-order valence-corrected chi connectivity index (χ4v) is 2.17. The van der Waals surface area contributed by atoms with Crippen LogP contribution in [0.3, 0.4) is 0 Å². The number of aromatic nitrogens is 1. The summed E-state index contributed by atoms with van der Waals surface area (Å²) in [7, 11) is 0. The predicted molar refractivity (Wildman–Crippen MR) is 71.6 cm³/mol. The first kappa shape index (κ1) is 10.9. The fraction of sp³-hybridized carbons (Fsp3) is 0.214. The third-order valence-corrected chi connectivity index (χ3v) is 3.01. The number of hydrogen-bond acceptors (Lipinski definition) is 4. The van der Waals surface area contributed by atoms with E-state index in [0.29, 0.717) is 12.4 Å². The quantitative estimate of drug-likeness (QED) is 0.874. The third-order valence-electron chi connectivity index (χ3n) is 3.01. The van der Waals surface area contributed by atoms with E-state index in [2.05, 4.69) is 16.0 Å². The van der Waals surface area contributed by atoms with Crippen LogP contribution in [-0.2, 0) is 6.54 Å². The van der Waals surface area contributed by atoms with Crippen molar-refractivity contribution in [1.29, 1.82) is 0 Å². The zero-order valence-electron chi connectivity index (χ0n) is 10.0. The molecule has 0 amide bonds. The molecular weight excluding hydrogens is 226 g/mol. The maximum absolute atomic E-state index is 5.70. The summed E-state index contributed by atoms with van der Waals surface area (Å²) in [5, 5.41) is 0. The molecule has 3 rings (SSSR count). The van der Waals surface area contributed by atoms with E-state index in [0.717, 1.165) is 30.2 Å². The summed E-state index contributed by atoms with van der Waals surface area (Å²) in [4.78, 5) is 6.60. The second kappa shape index (κ2) is 4.56. The minimum absolute atomic E-state index is 0.564. The van der Waals surface area contributed by atoms with E-state index < -0.39 is 0 Å². The van der Waals surface area contributed by atoms with Crippen molar-refractivity contribution in [2.24, 2.45) is 0 Å². The molecule has 0 saturated heterocycles. The van der Waals surface area contributed by atoms with Crippen molar-refractivity contribution < 1.29 is 4.74 Å². The molecule has 1 aliphatic rings. The summed E-state index contributed by atoms with van der Waals surface area (Å²) in [5.74, 6) is 1.50. The van der Waals surface area contributed by atoms with Crippen molar-refractivity contribution in [2.45, 2.75) is 6.54 Å². The van der Waals surface area contributed by atoms with Crippen LogP contribution in [0.15, 0.2) is 42.5 Å². The second-order valence-electron chi connectivity index (χ2n) is 4.29. The van der Waals surface area contributed by atoms with Gasteiger partial charge in [0.2, 0.25) is 0 Å². The molecule has 2 N–H and O–H groups in total. The van der Waals surface area contributed by atoms with Crippen LogP contribution in [0.25, 0.3) is 0 Å². The van der Waals surface area contributed by atoms with Gasteiger partial charge in [0.25, 0.3) is 0 Å². The topological polar surface area (TPSA) is 51.4 Å². The molecule has 2 aromatic rings. The lowest BCUT2D eigenvalue weighted by atomic mass is 10.2. The summed E-state index contributed by atoms with van der Waals surface area (Å²) >= 11 is 0. The molecule has 0 saturated carbocycles. The van der Waals surface area contributed by atoms with Gasteiger partial charge in [0.1, 0.15) is 18.2 Å². The van der Waals surface area contributed by atoms with Crippen LogP contribution < -0.4 is 15.4 Å². The van der Waals surface area contributed by atoms with E-state index in [4.69, 9.17) is 10.5 Å². The second-order valence-corrected chi connectivity index (χ2v) is 4.29. The molecule has 0 bridgehead atoms. The normalized spacial score (nSPS) is 13.9. The first-order valence-electron chi connectivity index (χ1n) is 6.01. The number of fused-ring (bicyclic) bond motifs is 1. The third kappa shape index (κ3) is 2.09. The van der Waals surface area contributed by atoms with Crippen LogP contribution in [0.5, 0.6) is 5.75 Å². The van der Waals surface area contributed by atoms with Gasteiger partial charge in [0, 0.05) is 0 Å². The molecule has 4 nitrogen and oxygen atoms in total. The lowest BCUT2D eigenvalue weighted by Crippen LogP contribution is -2.32. The Bertz CT molecular complexity index is 556. The smallest absolute Gasteiger partial charge is 0.142 e. The number of rotatable bonds is 2. The zero-order valence-corrected chi connectivity index (χ0v) is 10.0. The van der Waals surface area contributed by atoms with E-state index in [1.165, 1.54) is 0 Å². The fourth-order valence-electron chi connectivity index (χ4n) is 2.17. The van der Waals surface area contributed by atoms with Crippen LogP contribution in [0, 0.1) is 0 Å². The molecule has 0 radical (unpaired) electrons. The van der Waals surface area contributed by atoms with E-state index in [1.54, 1.807) is 6.07 Å². The Labute approximate surface area is 106 Å². The maximum Gasteiger partial charge on any atom is 0.142 e. The number of anilines is 2. The monoisotopic (exact) mass is 241 g/mol. The number of pyridine rings is 1. The van der Waals surface area contributed by atoms with Crippen LogP contribution in [0.2, 0.25) is 0 Å². The lowest BCUT2D eigenvalue weighted by molar-refractivity contribution is 0.306. The summed E-state index contributed by atoms with van der Waals surface area (Å²) in [6, 6.07) is 13.8. The zero-order chi connectivity index (χ0) is 12.4. The summed E-state index contributed by atoms with van der Waals surface area (Å²) in [6.45, 7) is 2.33. The Kier molecular flexibility index (Phi) is 2.76. The number of nitrogens with two attached hydrogens (primary N) is 1. The highest BCUT2D eigenvalue weighted by molar-refractivity contribution is 5.59. The van der Waals surface area contributed by atoms with Crippen LogP contribution in [0.4, 0.5) is 11.5 Å². The van der Waals surface area contributed by atoms with Gasteiger partial charge < -0.3 is 15.4 Å². The largest absolute Gasteiger partial charge is 0.490 e. The molecule has 0 aliphatic carbocycles. The Hall–Kier alpha value is -2.23. The van der Waals surface area contributed by atoms with Gasteiger partial charge in [-0.15, -0.1) is 0 Å². The number of para-hydroxylation sites is 2. The maximum atomic E-state index is 5.70.